The number of nitrogen functional groups attached to an aromatic ring is 1. The predicted molar refractivity (Wildman–Crippen MR) is 82.8 cm³/mol. The normalized spacial score (nSPS) is 10.3. The van der Waals surface area contributed by atoms with Crippen molar-refractivity contribution in [1.29, 1.82) is 0 Å². The maximum absolute atomic E-state index is 12.4. The van der Waals surface area contributed by atoms with Crippen LogP contribution in [0.15, 0.2) is 24.4 Å². The van der Waals surface area contributed by atoms with Crippen LogP contribution >= 0.6 is 0 Å². The first kappa shape index (κ1) is 15.6. The second-order valence-electron chi connectivity index (χ2n) is 4.77. The van der Waals surface area contributed by atoms with Crippen molar-refractivity contribution >= 4 is 23.6 Å². The number of hydrogen-bond donors (Lipinski definition) is 2. The Kier molecular flexibility index (Phi) is 4.45. The number of carbonyl (C=O) groups excluding carboxylic acids is 2. The van der Waals surface area contributed by atoms with E-state index >= 15 is 0 Å². The molecule has 0 aliphatic carbocycles. The van der Waals surface area contributed by atoms with Crippen molar-refractivity contribution in [2.75, 3.05) is 11.1 Å². The Morgan fingerprint density at radius 3 is 2.73 bits per heavy atom. The minimum Gasteiger partial charge on any atom is -0.426 e. The molecule has 0 radical (unpaired) electrons. The van der Waals surface area contributed by atoms with Gasteiger partial charge in [0, 0.05) is 19.7 Å². The zero-order valence-corrected chi connectivity index (χ0v) is 12.7. The van der Waals surface area contributed by atoms with Crippen molar-refractivity contribution in [2.24, 2.45) is 0 Å². The van der Waals surface area contributed by atoms with Gasteiger partial charge in [-0.2, -0.15) is 4.98 Å². The molecule has 0 spiro atoms. The van der Waals surface area contributed by atoms with E-state index in [1.165, 1.54) is 6.92 Å². The number of esters is 1. The number of rotatable bonds is 4. The van der Waals surface area contributed by atoms with Crippen LogP contribution in [0.3, 0.4) is 0 Å². The Labute approximate surface area is 128 Å². The van der Waals surface area contributed by atoms with Gasteiger partial charge in [0.1, 0.15) is 5.75 Å². The SMILES string of the molecule is CCn1cc(NC(=O)c2cccc(C)c2OC(C)=O)nc1N. The molecule has 7 heteroatoms. The Balaban J connectivity index is 2.29. The van der Waals surface area contributed by atoms with E-state index in [9.17, 15) is 9.59 Å². The minimum atomic E-state index is -0.483. The van der Waals surface area contributed by atoms with Crippen LogP contribution < -0.4 is 15.8 Å². The molecule has 1 heterocycles. The number of anilines is 2. The molecule has 2 aromatic rings. The highest BCUT2D eigenvalue weighted by molar-refractivity contribution is 6.06. The number of aryl methyl sites for hydroxylation is 2. The lowest BCUT2D eigenvalue weighted by molar-refractivity contribution is -0.131. The number of hydrogen-bond acceptors (Lipinski definition) is 5. The number of benzene rings is 1. The summed E-state index contributed by atoms with van der Waals surface area (Å²) in [6, 6.07) is 5.07. The highest BCUT2D eigenvalue weighted by atomic mass is 16.5. The van der Waals surface area contributed by atoms with E-state index in [0.717, 1.165) is 0 Å². The van der Waals surface area contributed by atoms with Crippen molar-refractivity contribution in [3.05, 3.63) is 35.5 Å². The number of amides is 1. The summed E-state index contributed by atoms with van der Waals surface area (Å²) in [7, 11) is 0. The van der Waals surface area contributed by atoms with Crippen LogP contribution in [0, 0.1) is 6.92 Å². The first-order valence-corrected chi connectivity index (χ1v) is 6.84. The fourth-order valence-electron chi connectivity index (χ4n) is 2.04. The Bertz CT molecular complexity index is 722. The third-order valence-corrected chi connectivity index (χ3v) is 3.09. The molecular formula is C15H18N4O3. The summed E-state index contributed by atoms with van der Waals surface area (Å²) in [4.78, 5) is 27.6. The number of imidazole rings is 1. The molecule has 116 valence electrons. The van der Waals surface area contributed by atoms with Gasteiger partial charge in [0.05, 0.1) is 5.56 Å². The van der Waals surface area contributed by atoms with E-state index < -0.39 is 11.9 Å². The average Bonchev–Trinajstić information content (AvgIpc) is 2.80. The van der Waals surface area contributed by atoms with Gasteiger partial charge in [0.2, 0.25) is 5.95 Å². The number of nitrogens with zero attached hydrogens (tertiary/aromatic N) is 2. The van der Waals surface area contributed by atoms with Crippen LogP contribution in [0.4, 0.5) is 11.8 Å². The van der Waals surface area contributed by atoms with Gasteiger partial charge in [-0.25, -0.2) is 0 Å². The van der Waals surface area contributed by atoms with Crippen molar-refractivity contribution in [3.63, 3.8) is 0 Å². The fraction of sp³-hybridized carbons (Fsp3) is 0.267. The Morgan fingerprint density at radius 2 is 2.14 bits per heavy atom. The van der Waals surface area contributed by atoms with Gasteiger partial charge in [-0.15, -0.1) is 0 Å². The van der Waals surface area contributed by atoms with Gasteiger partial charge in [-0.3, -0.25) is 9.59 Å². The largest absolute Gasteiger partial charge is 0.426 e. The van der Waals surface area contributed by atoms with E-state index in [0.29, 0.717) is 23.9 Å². The maximum Gasteiger partial charge on any atom is 0.308 e. The summed E-state index contributed by atoms with van der Waals surface area (Å²) >= 11 is 0. The van der Waals surface area contributed by atoms with E-state index in [2.05, 4.69) is 10.3 Å². The molecule has 7 nitrogen and oxygen atoms in total. The summed E-state index contributed by atoms with van der Waals surface area (Å²) in [5, 5.41) is 2.65. The Morgan fingerprint density at radius 1 is 1.41 bits per heavy atom. The average molecular weight is 302 g/mol. The van der Waals surface area contributed by atoms with Crippen LogP contribution in [-0.4, -0.2) is 21.4 Å². The van der Waals surface area contributed by atoms with E-state index in [1.54, 1.807) is 35.9 Å². The molecule has 1 amide bonds. The van der Waals surface area contributed by atoms with Crippen LogP contribution in [0.1, 0.15) is 29.8 Å². The molecule has 0 unspecified atom stereocenters. The van der Waals surface area contributed by atoms with Gasteiger partial charge in [0.25, 0.3) is 5.91 Å². The second kappa shape index (κ2) is 6.30. The van der Waals surface area contributed by atoms with Crippen molar-refractivity contribution < 1.29 is 14.3 Å². The molecule has 0 atom stereocenters. The molecule has 1 aromatic heterocycles. The van der Waals surface area contributed by atoms with Gasteiger partial charge < -0.3 is 20.4 Å². The van der Waals surface area contributed by atoms with Crippen LogP contribution in [0.2, 0.25) is 0 Å². The topological polar surface area (TPSA) is 99.2 Å². The van der Waals surface area contributed by atoms with E-state index in [4.69, 9.17) is 10.5 Å². The monoisotopic (exact) mass is 302 g/mol. The molecule has 1 aromatic carbocycles. The van der Waals surface area contributed by atoms with Gasteiger partial charge in [-0.05, 0) is 25.5 Å². The molecule has 2 rings (SSSR count). The summed E-state index contributed by atoms with van der Waals surface area (Å²) in [5.74, 6) is 0.0147. The Hall–Kier alpha value is -2.83. The summed E-state index contributed by atoms with van der Waals surface area (Å²) < 4.78 is 6.84. The summed E-state index contributed by atoms with van der Waals surface area (Å²) in [5.41, 5.74) is 6.68. The van der Waals surface area contributed by atoms with Gasteiger partial charge in [0.15, 0.2) is 5.82 Å². The van der Waals surface area contributed by atoms with Crippen LogP contribution in [-0.2, 0) is 11.3 Å². The number of nitrogens with one attached hydrogen (secondary N) is 1. The summed E-state index contributed by atoms with van der Waals surface area (Å²) in [6.45, 7) is 5.62. The molecular weight excluding hydrogens is 284 g/mol. The van der Waals surface area contributed by atoms with Crippen molar-refractivity contribution in [3.8, 4) is 5.75 Å². The molecule has 0 saturated heterocycles. The molecule has 0 aliphatic heterocycles. The molecule has 0 fully saturated rings. The van der Waals surface area contributed by atoms with Crippen molar-refractivity contribution in [1.82, 2.24) is 9.55 Å². The third kappa shape index (κ3) is 3.25. The fourth-order valence-corrected chi connectivity index (χ4v) is 2.04. The second-order valence-corrected chi connectivity index (χ2v) is 4.77. The van der Waals surface area contributed by atoms with Crippen LogP contribution in [0.25, 0.3) is 0 Å². The lowest BCUT2D eigenvalue weighted by atomic mass is 10.1. The highest BCUT2D eigenvalue weighted by Gasteiger charge is 2.17. The van der Waals surface area contributed by atoms with Crippen molar-refractivity contribution in [2.45, 2.75) is 27.3 Å². The van der Waals surface area contributed by atoms with E-state index in [1.807, 2.05) is 6.92 Å². The molecule has 0 bridgehead atoms. The highest BCUT2D eigenvalue weighted by Crippen LogP contribution is 2.24. The minimum absolute atomic E-state index is 0.246. The molecule has 3 N–H and O–H groups in total. The smallest absolute Gasteiger partial charge is 0.308 e. The first-order chi connectivity index (χ1) is 10.4. The number of carbonyl (C=O) groups is 2. The van der Waals surface area contributed by atoms with Gasteiger partial charge >= 0.3 is 5.97 Å². The first-order valence-electron chi connectivity index (χ1n) is 6.84. The third-order valence-electron chi connectivity index (χ3n) is 3.09. The number of nitrogens with two attached hydrogens (primary N) is 1. The van der Waals surface area contributed by atoms with Gasteiger partial charge in [-0.1, -0.05) is 12.1 Å². The number of ether oxygens (including phenoxy) is 1. The summed E-state index contributed by atoms with van der Waals surface area (Å²) in [6.07, 6.45) is 1.65. The lowest BCUT2D eigenvalue weighted by Gasteiger charge is -2.11. The standard InChI is InChI=1S/C15H18N4O3/c1-4-19-8-12(18-15(19)16)17-14(21)11-7-5-6-9(2)13(11)22-10(3)20/h5-8H,4H2,1-3H3,(H2,16,18)(H,17,21). The quantitative estimate of drug-likeness (QED) is 0.664. The lowest BCUT2D eigenvalue weighted by Crippen LogP contribution is -2.16. The number of para-hydroxylation sites is 1. The van der Waals surface area contributed by atoms with E-state index in [-0.39, 0.29) is 11.3 Å². The number of aromatic nitrogens is 2. The molecule has 22 heavy (non-hydrogen) atoms. The van der Waals surface area contributed by atoms with Crippen LogP contribution in [0.5, 0.6) is 5.75 Å². The maximum atomic E-state index is 12.4. The molecule has 0 aliphatic rings. The molecule has 0 saturated carbocycles. The zero-order chi connectivity index (χ0) is 16.3. The predicted octanol–water partition coefficient (Wildman–Crippen LogP) is 1.97. The zero-order valence-electron chi connectivity index (χ0n) is 12.7.